The summed E-state index contributed by atoms with van der Waals surface area (Å²) in [6.07, 6.45) is 2.94. The van der Waals surface area contributed by atoms with Crippen LogP contribution in [0.25, 0.3) is 5.65 Å². The first-order valence-electron chi connectivity index (χ1n) is 6.19. The summed E-state index contributed by atoms with van der Waals surface area (Å²) in [7, 11) is 0. The number of carboxylic acids is 1. The van der Waals surface area contributed by atoms with E-state index in [1.54, 1.807) is 22.9 Å². The first-order valence-corrected chi connectivity index (χ1v) is 6.19. The van der Waals surface area contributed by atoms with E-state index in [-0.39, 0.29) is 6.42 Å². The predicted octanol–water partition coefficient (Wildman–Crippen LogP) is -0.678. The number of pyridine rings is 1. The van der Waals surface area contributed by atoms with E-state index in [0.29, 0.717) is 11.3 Å². The summed E-state index contributed by atoms with van der Waals surface area (Å²) < 4.78 is 1.75. The van der Waals surface area contributed by atoms with Crippen LogP contribution in [-0.4, -0.2) is 38.3 Å². The Bertz CT molecular complexity index is 661. The van der Waals surface area contributed by atoms with Gasteiger partial charge in [-0.1, -0.05) is 6.07 Å². The molecule has 0 spiro atoms. The van der Waals surface area contributed by atoms with Gasteiger partial charge < -0.3 is 20.6 Å². The van der Waals surface area contributed by atoms with Crippen LogP contribution < -0.4 is 11.1 Å². The second-order valence-electron chi connectivity index (χ2n) is 4.50. The average Bonchev–Trinajstić information content (AvgIpc) is 2.79. The topological polar surface area (TPSA) is 127 Å². The monoisotopic (exact) mass is 290 g/mol. The number of hydrogen-bond acceptors (Lipinski definition) is 4. The lowest BCUT2D eigenvalue weighted by Crippen LogP contribution is -2.43. The molecule has 0 aliphatic rings. The molecular formula is C13H14N4O4. The third-order valence-corrected chi connectivity index (χ3v) is 2.79. The van der Waals surface area contributed by atoms with Gasteiger partial charge in [0, 0.05) is 12.4 Å². The van der Waals surface area contributed by atoms with Gasteiger partial charge in [-0.2, -0.15) is 0 Å². The highest BCUT2D eigenvalue weighted by Crippen LogP contribution is 2.05. The lowest BCUT2D eigenvalue weighted by atomic mass is 10.2. The van der Waals surface area contributed by atoms with Crippen molar-refractivity contribution in [3.63, 3.8) is 0 Å². The Morgan fingerprint density at radius 1 is 1.38 bits per heavy atom. The normalized spacial score (nSPS) is 12.0. The Morgan fingerprint density at radius 3 is 2.76 bits per heavy atom. The Labute approximate surface area is 119 Å². The summed E-state index contributed by atoms with van der Waals surface area (Å²) in [5.41, 5.74) is 6.13. The number of amides is 2. The second kappa shape index (κ2) is 6.04. The number of rotatable bonds is 6. The van der Waals surface area contributed by atoms with Gasteiger partial charge >= 0.3 is 5.97 Å². The Kier molecular flexibility index (Phi) is 4.17. The average molecular weight is 290 g/mol. The zero-order chi connectivity index (χ0) is 15.4. The molecule has 0 aliphatic carbocycles. The summed E-state index contributed by atoms with van der Waals surface area (Å²) in [5, 5.41) is 11.2. The van der Waals surface area contributed by atoms with Crippen molar-refractivity contribution in [3.05, 3.63) is 36.3 Å². The number of hydrogen-bond donors (Lipinski definition) is 3. The largest absolute Gasteiger partial charge is 0.480 e. The third-order valence-electron chi connectivity index (χ3n) is 2.79. The SMILES string of the molecule is NC(=O)CC(NC(=O)Cc1cn2ccccc2n1)C(=O)O. The molecule has 2 aromatic rings. The van der Waals surface area contributed by atoms with Crippen LogP contribution in [0.3, 0.4) is 0 Å². The van der Waals surface area contributed by atoms with E-state index in [4.69, 9.17) is 10.8 Å². The van der Waals surface area contributed by atoms with Gasteiger partial charge in [-0.3, -0.25) is 9.59 Å². The van der Waals surface area contributed by atoms with E-state index < -0.39 is 30.2 Å². The van der Waals surface area contributed by atoms with Crippen LogP contribution in [0.5, 0.6) is 0 Å². The zero-order valence-electron chi connectivity index (χ0n) is 11.0. The number of aromatic nitrogens is 2. The molecule has 2 aromatic heterocycles. The van der Waals surface area contributed by atoms with Crippen molar-refractivity contribution in [1.29, 1.82) is 0 Å². The fourth-order valence-electron chi connectivity index (χ4n) is 1.88. The van der Waals surface area contributed by atoms with E-state index in [1.807, 2.05) is 12.1 Å². The summed E-state index contributed by atoms with van der Waals surface area (Å²) in [6, 6.07) is 4.10. The molecule has 8 nitrogen and oxygen atoms in total. The summed E-state index contributed by atoms with van der Waals surface area (Å²) in [6.45, 7) is 0. The van der Waals surface area contributed by atoms with E-state index in [1.165, 1.54) is 0 Å². The van der Waals surface area contributed by atoms with Gasteiger partial charge in [0.25, 0.3) is 0 Å². The van der Waals surface area contributed by atoms with Crippen LogP contribution in [0, 0.1) is 0 Å². The number of carboxylic acid groups (broad SMARTS) is 1. The number of nitrogens with zero attached hydrogens (tertiary/aromatic N) is 2. The van der Waals surface area contributed by atoms with E-state index in [0.717, 1.165) is 0 Å². The number of aliphatic carboxylic acids is 1. The molecule has 2 amide bonds. The fourth-order valence-corrected chi connectivity index (χ4v) is 1.88. The molecule has 2 rings (SSSR count). The minimum atomic E-state index is -1.33. The van der Waals surface area contributed by atoms with Gasteiger partial charge in [0.1, 0.15) is 11.7 Å². The van der Waals surface area contributed by atoms with Crippen molar-refractivity contribution in [3.8, 4) is 0 Å². The van der Waals surface area contributed by atoms with Crippen LogP contribution in [0.1, 0.15) is 12.1 Å². The summed E-state index contributed by atoms with van der Waals surface area (Å²) in [4.78, 5) is 37.7. The van der Waals surface area contributed by atoms with Crippen molar-refractivity contribution in [1.82, 2.24) is 14.7 Å². The Morgan fingerprint density at radius 2 is 2.14 bits per heavy atom. The molecule has 0 saturated carbocycles. The molecule has 0 aromatic carbocycles. The molecule has 2 heterocycles. The van der Waals surface area contributed by atoms with Crippen molar-refractivity contribution in [2.24, 2.45) is 5.73 Å². The maximum Gasteiger partial charge on any atom is 0.326 e. The van der Waals surface area contributed by atoms with E-state index >= 15 is 0 Å². The van der Waals surface area contributed by atoms with Gasteiger partial charge in [-0.05, 0) is 12.1 Å². The number of nitrogens with one attached hydrogen (secondary N) is 1. The van der Waals surface area contributed by atoms with Crippen LogP contribution >= 0.6 is 0 Å². The van der Waals surface area contributed by atoms with Gasteiger partial charge in [0.15, 0.2) is 0 Å². The number of fused-ring (bicyclic) bond motifs is 1. The number of primary amides is 1. The van der Waals surface area contributed by atoms with E-state index in [2.05, 4.69) is 10.3 Å². The molecule has 4 N–H and O–H groups in total. The van der Waals surface area contributed by atoms with Crippen molar-refractivity contribution >= 4 is 23.4 Å². The molecule has 8 heteroatoms. The lowest BCUT2D eigenvalue weighted by Gasteiger charge is -2.11. The lowest BCUT2D eigenvalue weighted by molar-refractivity contribution is -0.143. The third kappa shape index (κ3) is 3.78. The highest BCUT2D eigenvalue weighted by atomic mass is 16.4. The number of imidazole rings is 1. The quantitative estimate of drug-likeness (QED) is 0.649. The van der Waals surface area contributed by atoms with Gasteiger partial charge in [0.05, 0.1) is 18.5 Å². The maximum atomic E-state index is 11.8. The molecule has 1 unspecified atom stereocenters. The molecule has 21 heavy (non-hydrogen) atoms. The summed E-state index contributed by atoms with van der Waals surface area (Å²) >= 11 is 0. The van der Waals surface area contributed by atoms with Crippen molar-refractivity contribution in [2.45, 2.75) is 18.9 Å². The molecule has 1 atom stereocenters. The number of carbonyl (C=O) groups excluding carboxylic acids is 2. The highest BCUT2D eigenvalue weighted by molar-refractivity contribution is 5.88. The molecule has 0 aliphatic heterocycles. The van der Waals surface area contributed by atoms with Crippen molar-refractivity contribution in [2.75, 3.05) is 0 Å². The molecule has 110 valence electrons. The van der Waals surface area contributed by atoms with Crippen LogP contribution in [0.4, 0.5) is 0 Å². The minimum Gasteiger partial charge on any atom is -0.480 e. The van der Waals surface area contributed by atoms with E-state index in [9.17, 15) is 14.4 Å². The fraction of sp³-hybridized carbons (Fsp3) is 0.231. The highest BCUT2D eigenvalue weighted by Gasteiger charge is 2.22. The number of carbonyl (C=O) groups is 3. The molecule has 0 saturated heterocycles. The zero-order valence-corrected chi connectivity index (χ0v) is 11.0. The number of nitrogens with two attached hydrogens (primary N) is 1. The predicted molar refractivity (Wildman–Crippen MR) is 72.3 cm³/mol. The minimum absolute atomic E-state index is 0.0791. The molecule has 0 radical (unpaired) electrons. The second-order valence-corrected chi connectivity index (χ2v) is 4.50. The maximum absolute atomic E-state index is 11.8. The van der Waals surface area contributed by atoms with Crippen LogP contribution in [-0.2, 0) is 20.8 Å². The van der Waals surface area contributed by atoms with Crippen LogP contribution in [0.15, 0.2) is 30.6 Å². The molecular weight excluding hydrogens is 276 g/mol. The summed E-state index contributed by atoms with van der Waals surface area (Å²) in [5.74, 6) is -2.64. The van der Waals surface area contributed by atoms with Gasteiger partial charge in [-0.15, -0.1) is 0 Å². The van der Waals surface area contributed by atoms with Crippen LogP contribution in [0.2, 0.25) is 0 Å². The first-order chi connectivity index (χ1) is 9.95. The Hall–Kier alpha value is -2.90. The first kappa shape index (κ1) is 14.5. The van der Waals surface area contributed by atoms with Gasteiger partial charge in [0.2, 0.25) is 11.8 Å². The smallest absolute Gasteiger partial charge is 0.326 e. The van der Waals surface area contributed by atoms with Gasteiger partial charge in [-0.25, -0.2) is 9.78 Å². The Balaban J connectivity index is 2.03. The molecule has 0 fully saturated rings. The standard InChI is InChI=1S/C13H14N4O4/c14-10(18)6-9(13(20)21)16-12(19)5-8-7-17-4-2-1-3-11(17)15-8/h1-4,7,9H,5-6H2,(H2,14,18)(H,16,19)(H,20,21). The van der Waals surface area contributed by atoms with Crippen molar-refractivity contribution < 1.29 is 19.5 Å². The molecule has 0 bridgehead atoms.